The molecule has 0 aliphatic heterocycles. The van der Waals surface area contributed by atoms with Gasteiger partial charge in [-0.25, -0.2) is 13.9 Å². The van der Waals surface area contributed by atoms with E-state index in [4.69, 9.17) is 0 Å². The minimum atomic E-state index is -0.246. The molecule has 0 aliphatic carbocycles. The van der Waals surface area contributed by atoms with E-state index >= 15 is 0 Å². The van der Waals surface area contributed by atoms with Crippen LogP contribution in [0.1, 0.15) is 25.3 Å². The number of benzene rings is 2. The van der Waals surface area contributed by atoms with Crippen molar-refractivity contribution < 1.29 is 9.18 Å². The largest absolute Gasteiger partial charge is 0.335 e. The topological polar surface area (TPSA) is 88.0 Å². The molecular weight excluding hydrogens is 409 g/mol. The molecule has 170 valence electrons. The summed E-state index contributed by atoms with van der Waals surface area (Å²) in [5.74, 6) is 0.428. The van der Waals surface area contributed by atoms with E-state index in [0.29, 0.717) is 11.5 Å². The zero-order chi connectivity index (χ0) is 22.9. The molecule has 0 fully saturated rings. The summed E-state index contributed by atoms with van der Waals surface area (Å²) in [5, 5.41) is 17.3. The van der Waals surface area contributed by atoms with E-state index in [2.05, 4.69) is 38.1 Å². The van der Waals surface area contributed by atoms with Crippen molar-refractivity contribution in [1.29, 1.82) is 0 Å². The van der Waals surface area contributed by atoms with Crippen LogP contribution in [0.3, 0.4) is 0 Å². The molecule has 0 bridgehead atoms. The number of hydrogen-bond donors (Lipinski definition) is 2. The van der Waals surface area contributed by atoms with E-state index in [1.54, 1.807) is 11.7 Å². The monoisotopic (exact) mass is 439 g/mol. The fraction of sp³-hybridized carbons (Fsp3) is 0.391. The number of urea groups is 1. The summed E-state index contributed by atoms with van der Waals surface area (Å²) in [6.07, 6.45) is 2.76. The molecule has 1 heterocycles. The third-order valence-corrected chi connectivity index (χ3v) is 5.24. The molecule has 32 heavy (non-hydrogen) atoms. The minimum Gasteiger partial charge on any atom is -0.335 e. The SMILES string of the molecule is C[C@H](CCN(C)CCCc1ccc(F)cc1)NC(=O)Nc1cccc(-c2nnnn2C)c1. The number of carbonyl (C=O) groups excluding carboxylic acids is 1. The number of nitrogens with zero attached hydrogens (tertiary/aromatic N) is 5. The van der Waals surface area contributed by atoms with Gasteiger partial charge in [0, 0.05) is 24.3 Å². The summed E-state index contributed by atoms with van der Waals surface area (Å²) in [5.41, 5.74) is 2.64. The van der Waals surface area contributed by atoms with Gasteiger partial charge in [0.2, 0.25) is 0 Å². The molecule has 2 aromatic carbocycles. The van der Waals surface area contributed by atoms with E-state index in [1.165, 1.54) is 12.1 Å². The Balaban J connectivity index is 1.37. The van der Waals surface area contributed by atoms with Crippen molar-refractivity contribution in [2.24, 2.45) is 7.05 Å². The van der Waals surface area contributed by atoms with Crippen LogP contribution in [0, 0.1) is 5.82 Å². The average molecular weight is 440 g/mol. The molecule has 3 aromatic rings. The Morgan fingerprint density at radius 3 is 2.69 bits per heavy atom. The number of halogens is 1. The highest BCUT2D eigenvalue weighted by Crippen LogP contribution is 2.19. The lowest BCUT2D eigenvalue weighted by Crippen LogP contribution is -2.38. The Kier molecular flexibility index (Phi) is 8.27. The molecule has 0 spiro atoms. The van der Waals surface area contributed by atoms with E-state index < -0.39 is 0 Å². The van der Waals surface area contributed by atoms with Gasteiger partial charge < -0.3 is 15.5 Å². The van der Waals surface area contributed by atoms with Crippen LogP contribution >= 0.6 is 0 Å². The Labute approximate surface area is 187 Å². The van der Waals surface area contributed by atoms with E-state index in [-0.39, 0.29) is 17.9 Å². The molecule has 0 aliphatic rings. The van der Waals surface area contributed by atoms with Gasteiger partial charge in [-0.1, -0.05) is 24.3 Å². The predicted molar refractivity (Wildman–Crippen MR) is 123 cm³/mol. The van der Waals surface area contributed by atoms with Gasteiger partial charge in [-0.2, -0.15) is 0 Å². The molecule has 0 saturated heterocycles. The smallest absolute Gasteiger partial charge is 0.319 e. The molecule has 0 radical (unpaired) electrons. The second kappa shape index (κ2) is 11.3. The van der Waals surface area contributed by atoms with Crippen molar-refractivity contribution in [1.82, 2.24) is 30.4 Å². The van der Waals surface area contributed by atoms with Gasteiger partial charge in [0.05, 0.1) is 0 Å². The van der Waals surface area contributed by atoms with Crippen LogP contribution in [0.2, 0.25) is 0 Å². The summed E-state index contributed by atoms with van der Waals surface area (Å²) < 4.78 is 14.5. The minimum absolute atomic E-state index is 0.0284. The second-order valence-corrected chi connectivity index (χ2v) is 8.03. The Morgan fingerprint density at radius 1 is 1.19 bits per heavy atom. The van der Waals surface area contributed by atoms with Crippen molar-refractivity contribution in [3.8, 4) is 11.4 Å². The number of anilines is 1. The van der Waals surface area contributed by atoms with Crippen molar-refractivity contribution in [3.05, 3.63) is 59.9 Å². The van der Waals surface area contributed by atoms with Gasteiger partial charge in [0.25, 0.3) is 0 Å². The third-order valence-electron chi connectivity index (χ3n) is 5.24. The first-order valence-corrected chi connectivity index (χ1v) is 10.7. The van der Waals surface area contributed by atoms with Crippen molar-refractivity contribution >= 4 is 11.7 Å². The number of tetrazole rings is 1. The highest BCUT2D eigenvalue weighted by atomic mass is 19.1. The molecule has 0 unspecified atom stereocenters. The number of amides is 2. The highest BCUT2D eigenvalue weighted by Gasteiger charge is 2.11. The maximum Gasteiger partial charge on any atom is 0.319 e. The lowest BCUT2D eigenvalue weighted by atomic mass is 10.1. The van der Waals surface area contributed by atoms with Crippen LogP contribution in [0.15, 0.2) is 48.5 Å². The second-order valence-electron chi connectivity index (χ2n) is 8.03. The number of aromatic nitrogens is 4. The summed E-state index contributed by atoms with van der Waals surface area (Å²) in [7, 11) is 3.84. The van der Waals surface area contributed by atoms with Gasteiger partial charge in [0.1, 0.15) is 5.82 Å². The number of nitrogens with one attached hydrogen (secondary N) is 2. The van der Waals surface area contributed by atoms with E-state index in [9.17, 15) is 9.18 Å². The zero-order valence-corrected chi connectivity index (χ0v) is 18.8. The molecule has 2 N–H and O–H groups in total. The van der Waals surface area contributed by atoms with Crippen LogP contribution in [0.25, 0.3) is 11.4 Å². The molecular formula is C23H30FN7O. The number of rotatable bonds is 10. The van der Waals surface area contributed by atoms with Gasteiger partial charge in [-0.05, 0) is 86.6 Å². The Bertz CT molecular complexity index is 1010. The third kappa shape index (κ3) is 7.12. The van der Waals surface area contributed by atoms with Crippen molar-refractivity contribution in [2.75, 3.05) is 25.5 Å². The Hall–Kier alpha value is -3.33. The number of hydrogen-bond acceptors (Lipinski definition) is 5. The molecule has 3 rings (SSSR count). The summed E-state index contributed by atoms with van der Waals surface area (Å²) in [6, 6.07) is 13.9. The van der Waals surface area contributed by atoms with Crippen LogP contribution < -0.4 is 10.6 Å². The fourth-order valence-corrected chi connectivity index (χ4v) is 3.40. The number of carbonyl (C=O) groups is 1. The van der Waals surface area contributed by atoms with E-state index in [0.717, 1.165) is 43.5 Å². The van der Waals surface area contributed by atoms with Crippen molar-refractivity contribution in [2.45, 2.75) is 32.2 Å². The van der Waals surface area contributed by atoms with Gasteiger partial charge in [-0.15, -0.1) is 5.10 Å². The quantitative estimate of drug-likeness (QED) is 0.505. The van der Waals surface area contributed by atoms with Gasteiger partial charge in [-0.3, -0.25) is 0 Å². The van der Waals surface area contributed by atoms with Crippen LogP contribution in [0.5, 0.6) is 0 Å². The molecule has 1 aromatic heterocycles. The first kappa shape index (κ1) is 23.3. The van der Waals surface area contributed by atoms with Crippen molar-refractivity contribution in [3.63, 3.8) is 0 Å². The summed E-state index contributed by atoms with van der Waals surface area (Å²) in [6.45, 7) is 3.81. The molecule has 0 saturated carbocycles. The zero-order valence-electron chi connectivity index (χ0n) is 18.8. The molecule has 2 amide bonds. The van der Waals surface area contributed by atoms with Crippen LogP contribution in [-0.2, 0) is 13.5 Å². The first-order valence-electron chi connectivity index (χ1n) is 10.7. The van der Waals surface area contributed by atoms with Crippen LogP contribution in [-0.4, -0.2) is 57.3 Å². The summed E-state index contributed by atoms with van der Waals surface area (Å²) in [4.78, 5) is 14.6. The first-order chi connectivity index (χ1) is 15.4. The maximum absolute atomic E-state index is 13.0. The summed E-state index contributed by atoms with van der Waals surface area (Å²) >= 11 is 0. The predicted octanol–water partition coefficient (Wildman–Crippen LogP) is 3.48. The maximum atomic E-state index is 13.0. The lowest BCUT2D eigenvalue weighted by Gasteiger charge is -2.20. The molecule has 9 heteroatoms. The fourth-order valence-electron chi connectivity index (χ4n) is 3.40. The number of aryl methyl sites for hydroxylation is 2. The van der Waals surface area contributed by atoms with Gasteiger partial charge >= 0.3 is 6.03 Å². The average Bonchev–Trinajstić information content (AvgIpc) is 3.19. The molecule has 8 nitrogen and oxygen atoms in total. The normalized spacial score (nSPS) is 12.0. The van der Waals surface area contributed by atoms with Crippen LogP contribution in [0.4, 0.5) is 14.9 Å². The highest BCUT2D eigenvalue weighted by molar-refractivity contribution is 5.90. The standard InChI is InChI=1S/C23H30FN7O/c1-17(13-15-30(2)14-5-6-18-9-11-20(24)12-10-18)25-23(32)26-21-8-4-7-19(16-21)22-27-28-29-31(22)3/h4,7-12,16-17H,5-6,13-15H2,1-3H3,(H2,25,26,32)/t17-/m1/s1. The lowest BCUT2D eigenvalue weighted by molar-refractivity contribution is 0.246. The Morgan fingerprint density at radius 2 is 1.97 bits per heavy atom. The van der Waals surface area contributed by atoms with Gasteiger partial charge in [0.15, 0.2) is 5.82 Å². The molecule has 1 atom stereocenters. The van der Waals surface area contributed by atoms with E-state index in [1.807, 2.05) is 43.3 Å².